The zero-order chi connectivity index (χ0) is 14.4. The topological polar surface area (TPSA) is 58.9 Å². The van der Waals surface area contributed by atoms with Crippen LogP contribution in [0.4, 0.5) is 0 Å². The van der Waals surface area contributed by atoms with Crippen molar-refractivity contribution < 1.29 is 19.7 Å². The molecule has 1 rings (SSSR count). The fraction of sp³-hybridized carbons (Fsp3) is 0.571. The van der Waals surface area contributed by atoms with Crippen LogP contribution in [0.3, 0.4) is 0 Å². The van der Waals surface area contributed by atoms with Gasteiger partial charge < -0.3 is 19.7 Å². The lowest BCUT2D eigenvalue weighted by molar-refractivity contribution is 0.313. The smallest absolute Gasteiger partial charge is 0.207 e. The molecule has 0 spiro atoms. The van der Waals surface area contributed by atoms with Gasteiger partial charge in [-0.2, -0.15) is 0 Å². The quantitative estimate of drug-likeness (QED) is 0.329. The molecule has 0 aliphatic heterocycles. The number of ether oxygens (including phenoxy) is 2. The van der Waals surface area contributed by atoms with Gasteiger partial charge in [0.15, 0.2) is 11.5 Å². The minimum Gasteiger partial charge on any atom is -0.504 e. The molecule has 5 heteroatoms. The van der Waals surface area contributed by atoms with Crippen molar-refractivity contribution in [2.24, 2.45) is 0 Å². The number of aromatic hydroxyl groups is 2. The molecule has 0 atom stereocenters. The Morgan fingerprint density at radius 1 is 0.947 bits per heavy atom. The zero-order valence-electron chi connectivity index (χ0n) is 11.6. The number of hydrogen-bond acceptors (Lipinski definition) is 4. The first kappa shape index (κ1) is 16.2. The third kappa shape index (κ3) is 3.58. The van der Waals surface area contributed by atoms with Crippen LogP contribution in [-0.4, -0.2) is 28.9 Å². The molecule has 1 aromatic rings. The van der Waals surface area contributed by atoms with Gasteiger partial charge in [0.25, 0.3) is 0 Å². The van der Waals surface area contributed by atoms with E-state index in [9.17, 15) is 10.2 Å². The highest BCUT2D eigenvalue weighted by Gasteiger charge is 2.22. The summed E-state index contributed by atoms with van der Waals surface area (Å²) in [5.74, 6) is 0.508. The van der Waals surface area contributed by atoms with Crippen LogP contribution in [0.5, 0.6) is 23.0 Å². The standard InChI is InChI=1S/C14H21IO4/c1-9-10(7-5-4-6-8-15)12(17)14(19-3)13(18-2)11(9)16/h16-17H,4-8H2,1-3H3. The second-order valence-corrected chi connectivity index (χ2v) is 5.45. The molecule has 1 aromatic carbocycles. The van der Waals surface area contributed by atoms with Crippen molar-refractivity contribution in [3.05, 3.63) is 11.1 Å². The molecule has 0 aromatic heterocycles. The van der Waals surface area contributed by atoms with E-state index in [0.29, 0.717) is 5.56 Å². The fourth-order valence-corrected chi connectivity index (χ4v) is 2.64. The number of phenolic OH excluding ortho intramolecular Hbond substituents is 2. The molecule has 2 N–H and O–H groups in total. The summed E-state index contributed by atoms with van der Waals surface area (Å²) in [7, 11) is 2.89. The number of halogens is 1. The average Bonchev–Trinajstić information content (AvgIpc) is 2.41. The normalized spacial score (nSPS) is 10.5. The lowest BCUT2D eigenvalue weighted by atomic mass is 9.99. The molecule has 4 nitrogen and oxygen atoms in total. The van der Waals surface area contributed by atoms with Crippen LogP contribution in [0.2, 0.25) is 0 Å². The van der Waals surface area contributed by atoms with Crippen LogP contribution >= 0.6 is 22.6 Å². The fourth-order valence-electron chi connectivity index (χ4n) is 2.10. The minimum atomic E-state index is 0.0426. The largest absolute Gasteiger partial charge is 0.504 e. The Kier molecular flexibility index (Phi) is 6.54. The predicted molar refractivity (Wildman–Crippen MR) is 84.1 cm³/mol. The predicted octanol–water partition coefficient (Wildman–Crippen LogP) is 3.57. The minimum absolute atomic E-state index is 0.0426. The summed E-state index contributed by atoms with van der Waals surface area (Å²) in [5, 5.41) is 20.3. The van der Waals surface area contributed by atoms with E-state index in [1.807, 2.05) is 0 Å². The monoisotopic (exact) mass is 380 g/mol. The van der Waals surface area contributed by atoms with Crippen LogP contribution in [0.15, 0.2) is 0 Å². The lowest BCUT2D eigenvalue weighted by Crippen LogP contribution is -1.99. The Morgan fingerprint density at radius 3 is 2.05 bits per heavy atom. The lowest BCUT2D eigenvalue weighted by Gasteiger charge is -2.17. The molecule has 0 bridgehead atoms. The molecule has 0 fully saturated rings. The Bertz CT molecular complexity index is 432. The van der Waals surface area contributed by atoms with Gasteiger partial charge in [-0.25, -0.2) is 0 Å². The van der Waals surface area contributed by atoms with Gasteiger partial charge in [-0.05, 0) is 30.6 Å². The van der Waals surface area contributed by atoms with E-state index in [4.69, 9.17) is 9.47 Å². The highest BCUT2D eigenvalue weighted by atomic mass is 127. The Labute approximate surface area is 127 Å². The van der Waals surface area contributed by atoms with Crippen molar-refractivity contribution in [1.29, 1.82) is 0 Å². The third-order valence-corrected chi connectivity index (χ3v) is 3.96. The van der Waals surface area contributed by atoms with Crippen LogP contribution < -0.4 is 9.47 Å². The number of alkyl halides is 1. The van der Waals surface area contributed by atoms with Gasteiger partial charge in [0.2, 0.25) is 11.5 Å². The van der Waals surface area contributed by atoms with Gasteiger partial charge >= 0.3 is 0 Å². The Hall–Kier alpha value is -0.850. The Balaban J connectivity index is 3.07. The van der Waals surface area contributed by atoms with Crippen LogP contribution in [0.25, 0.3) is 0 Å². The molecule has 0 amide bonds. The van der Waals surface area contributed by atoms with Gasteiger partial charge in [0.1, 0.15) is 0 Å². The molecular weight excluding hydrogens is 359 g/mol. The van der Waals surface area contributed by atoms with Crippen LogP contribution in [-0.2, 0) is 6.42 Å². The first-order valence-corrected chi connectivity index (χ1v) is 7.82. The summed E-state index contributed by atoms with van der Waals surface area (Å²) < 4.78 is 11.4. The van der Waals surface area contributed by atoms with E-state index in [0.717, 1.165) is 29.3 Å². The van der Waals surface area contributed by atoms with Gasteiger partial charge in [-0.3, -0.25) is 0 Å². The van der Waals surface area contributed by atoms with E-state index >= 15 is 0 Å². The van der Waals surface area contributed by atoms with E-state index in [1.165, 1.54) is 20.6 Å². The van der Waals surface area contributed by atoms with Crippen LogP contribution in [0, 0.1) is 6.92 Å². The van der Waals surface area contributed by atoms with E-state index < -0.39 is 0 Å². The molecular formula is C14H21IO4. The van der Waals surface area contributed by atoms with Crippen molar-refractivity contribution in [2.75, 3.05) is 18.6 Å². The summed E-state index contributed by atoms with van der Waals surface area (Å²) in [5.41, 5.74) is 1.40. The van der Waals surface area contributed by atoms with Gasteiger partial charge in [-0.1, -0.05) is 29.0 Å². The van der Waals surface area contributed by atoms with E-state index in [-0.39, 0.29) is 23.0 Å². The SMILES string of the molecule is COc1c(O)c(C)c(CCCCCI)c(O)c1OC. The third-order valence-electron chi connectivity index (χ3n) is 3.20. The number of rotatable bonds is 7. The van der Waals surface area contributed by atoms with Gasteiger partial charge in [0, 0.05) is 11.1 Å². The molecule has 19 heavy (non-hydrogen) atoms. The maximum atomic E-state index is 10.2. The zero-order valence-corrected chi connectivity index (χ0v) is 13.8. The summed E-state index contributed by atoms with van der Waals surface area (Å²) >= 11 is 2.36. The van der Waals surface area contributed by atoms with Crippen molar-refractivity contribution in [3.8, 4) is 23.0 Å². The van der Waals surface area contributed by atoms with Crippen molar-refractivity contribution in [2.45, 2.75) is 32.6 Å². The van der Waals surface area contributed by atoms with E-state index in [1.54, 1.807) is 6.92 Å². The van der Waals surface area contributed by atoms with Gasteiger partial charge in [0.05, 0.1) is 14.2 Å². The summed E-state index contributed by atoms with van der Waals surface area (Å²) in [4.78, 5) is 0. The molecule has 0 saturated carbocycles. The summed E-state index contributed by atoms with van der Waals surface area (Å²) in [6, 6.07) is 0. The molecule has 108 valence electrons. The van der Waals surface area contributed by atoms with Crippen molar-refractivity contribution in [1.82, 2.24) is 0 Å². The number of benzene rings is 1. The number of hydrogen-bond donors (Lipinski definition) is 2. The summed E-state index contributed by atoms with van der Waals surface area (Å²) in [6.07, 6.45) is 3.98. The van der Waals surface area contributed by atoms with E-state index in [2.05, 4.69) is 22.6 Å². The second kappa shape index (κ2) is 7.67. The van der Waals surface area contributed by atoms with Gasteiger partial charge in [-0.15, -0.1) is 0 Å². The average molecular weight is 380 g/mol. The number of unbranched alkanes of at least 4 members (excludes halogenated alkanes) is 2. The molecule has 0 aliphatic rings. The van der Waals surface area contributed by atoms with Crippen molar-refractivity contribution >= 4 is 22.6 Å². The number of phenols is 2. The number of methoxy groups -OCH3 is 2. The maximum absolute atomic E-state index is 10.2. The maximum Gasteiger partial charge on any atom is 0.207 e. The van der Waals surface area contributed by atoms with Crippen LogP contribution in [0.1, 0.15) is 30.4 Å². The molecule has 0 aliphatic carbocycles. The molecule has 0 radical (unpaired) electrons. The molecule has 0 unspecified atom stereocenters. The Morgan fingerprint density at radius 2 is 1.53 bits per heavy atom. The highest BCUT2D eigenvalue weighted by Crippen LogP contribution is 2.48. The summed E-state index contributed by atoms with van der Waals surface area (Å²) in [6.45, 7) is 1.78. The van der Waals surface area contributed by atoms with Crippen molar-refractivity contribution in [3.63, 3.8) is 0 Å². The first-order chi connectivity index (χ1) is 9.08. The molecule has 0 heterocycles. The second-order valence-electron chi connectivity index (χ2n) is 4.37. The highest BCUT2D eigenvalue weighted by molar-refractivity contribution is 14.1. The molecule has 0 saturated heterocycles. The first-order valence-electron chi connectivity index (χ1n) is 6.29.